The van der Waals surface area contributed by atoms with Crippen LogP contribution in [0.1, 0.15) is 17.3 Å². The van der Waals surface area contributed by atoms with Gasteiger partial charge in [0.25, 0.3) is 5.69 Å². The van der Waals surface area contributed by atoms with Crippen LogP contribution in [-0.2, 0) is 0 Å². The van der Waals surface area contributed by atoms with Crippen molar-refractivity contribution in [1.82, 2.24) is 0 Å². The van der Waals surface area contributed by atoms with Crippen LogP contribution < -0.4 is 5.32 Å². The van der Waals surface area contributed by atoms with Crippen molar-refractivity contribution in [3.63, 3.8) is 0 Å². The predicted octanol–water partition coefficient (Wildman–Crippen LogP) is 2.03. The van der Waals surface area contributed by atoms with Crippen LogP contribution in [0.25, 0.3) is 0 Å². The number of nitrogens with one attached hydrogen (secondary N) is 1. The molecule has 1 aromatic carbocycles. The first-order valence-corrected chi connectivity index (χ1v) is 5.45. The zero-order valence-corrected chi connectivity index (χ0v) is 10.7. The maximum Gasteiger partial charge on any atom is 0.270 e. The number of benzene rings is 1. The van der Waals surface area contributed by atoms with E-state index in [0.717, 1.165) is 12.1 Å². The van der Waals surface area contributed by atoms with E-state index in [0.29, 0.717) is 0 Å². The first-order valence-electron chi connectivity index (χ1n) is 5.45. The molecule has 0 aliphatic heterocycles. The summed E-state index contributed by atoms with van der Waals surface area (Å²) < 4.78 is 0. The van der Waals surface area contributed by atoms with E-state index >= 15 is 0 Å². The molecular weight excluding hydrogens is 274 g/mol. The molecule has 8 heteroatoms. The Morgan fingerprint density at radius 1 is 1.24 bits per heavy atom. The van der Waals surface area contributed by atoms with Gasteiger partial charge in [-0.3, -0.25) is 14.9 Å². The summed E-state index contributed by atoms with van der Waals surface area (Å²) in [7, 11) is 0. The third-order valence-electron chi connectivity index (χ3n) is 2.44. The standard InChI is InChI=1S/C13H7N5O3/c1-8(19)11-4-10(18(20)21)2-3-12(11)17-13(7-16)9(5-14)6-15/h2-4,17H,1H3. The van der Waals surface area contributed by atoms with E-state index in [-0.39, 0.29) is 22.6 Å². The molecule has 0 amide bonds. The number of non-ortho nitro benzene ring substituents is 1. The molecule has 0 radical (unpaired) electrons. The van der Waals surface area contributed by atoms with Crippen LogP contribution in [0, 0.1) is 44.1 Å². The number of nitriles is 3. The van der Waals surface area contributed by atoms with E-state index in [2.05, 4.69) is 5.32 Å². The van der Waals surface area contributed by atoms with Crippen molar-refractivity contribution in [2.75, 3.05) is 5.32 Å². The molecule has 21 heavy (non-hydrogen) atoms. The number of Topliss-reactive ketones (excluding diaryl/α,β-unsaturated/α-hetero) is 1. The fourth-order valence-electron chi connectivity index (χ4n) is 1.46. The normalized spacial score (nSPS) is 8.67. The molecule has 0 bridgehead atoms. The minimum Gasteiger partial charge on any atom is -0.345 e. The van der Waals surface area contributed by atoms with Gasteiger partial charge in [0.2, 0.25) is 0 Å². The van der Waals surface area contributed by atoms with Crippen LogP contribution in [0.5, 0.6) is 0 Å². The molecule has 1 N–H and O–H groups in total. The largest absolute Gasteiger partial charge is 0.345 e. The van der Waals surface area contributed by atoms with Crippen LogP contribution in [0.4, 0.5) is 11.4 Å². The van der Waals surface area contributed by atoms with Gasteiger partial charge in [0, 0.05) is 17.7 Å². The molecule has 102 valence electrons. The summed E-state index contributed by atoms with van der Waals surface area (Å²) in [5.74, 6) is -0.464. The minimum atomic E-state index is -0.659. The molecule has 0 fully saturated rings. The van der Waals surface area contributed by atoms with Crippen molar-refractivity contribution in [2.45, 2.75) is 6.92 Å². The summed E-state index contributed by atoms with van der Waals surface area (Å²) in [6.45, 7) is 1.20. The van der Waals surface area contributed by atoms with Gasteiger partial charge in [0.05, 0.1) is 10.6 Å². The number of anilines is 1. The Hall–Kier alpha value is -3.70. The first kappa shape index (κ1) is 15.4. The fraction of sp³-hybridized carbons (Fsp3) is 0.0769. The average molecular weight is 281 g/mol. The molecule has 0 aliphatic rings. The van der Waals surface area contributed by atoms with Gasteiger partial charge < -0.3 is 5.32 Å². The van der Waals surface area contributed by atoms with Gasteiger partial charge in [-0.25, -0.2) is 0 Å². The summed E-state index contributed by atoms with van der Waals surface area (Å²) in [5.41, 5.74) is -0.990. The van der Waals surface area contributed by atoms with Crippen LogP contribution in [0.2, 0.25) is 0 Å². The second-order valence-corrected chi connectivity index (χ2v) is 3.75. The maximum atomic E-state index is 11.5. The Kier molecular flexibility index (Phi) is 4.73. The van der Waals surface area contributed by atoms with Crippen molar-refractivity contribution in [2.24, 2.45) is 0 Å². The lowest BCUT2D eigenvalue weighted by molar-refractivity contribution is -0.384. The predicted molar refractivity (Wildman–Crippen MR) is 70.6 cm³/mol. The van der Waals surface area contributed by atoms with Crippen molar-refractivity contribution in [1.29, 1.82) is 15.8 Å². The number of carbonyl (C=O) groups is 1. The van der Waals surface area contributed by atoms with E-state index in [4.69, 9.17) is 15.8 Å². The zero-order valence-electron chi connectivity index (χ0n) is 10.7. The van der Waals surface area contributed by atoms with E-state index in [1.54, 1.807) is 18.2 Å². The van der Waals surface area contributed by atoms with Crippen LogP contribution in [-0.4, -0.2) is 10.7 Å². The SMILES string of the molecule is CC(=O)c1cc([N+](=O)[O-])ccc1NC(C#N)=C(C#N)C#N. The first-order chi connectivity index (χ1) is 9.94. The smallest absolute Gasteiger partial charge is 0.270 e. The highest BCUT2D eigenvalue weighted by Gasteiger charge is 2.16. The van der Waals surface area contributed by atoms with E-state index < -0.39 is 16.3 Å². The van der Waals surface area contributed by atoms with Gasteiger partial charge in [-0.15, -0.1) is 0 Å². The fourth-order valence-corrected chi connectivity index (χ4v) is 1.46. The van der Waals surface area contributed by atoms with Crippen LogP contribution in [0.3, 0.4) is 0 Å². The molecule has 0 aromatic heterocycles. The molecule has 0 unspecified atom stereocenters. The summed E-state index contributed by atoms with van der Waals surface area (Å²) in [4.78, 5) is 21.6. The molecule has 0 atom stereocenters. The molecule has 1 aromatic rings. The van der Waals surface area contributed by atoms with Crippen molar-refractivity contribution in [3.8, 4) is 18.2 Å². The van der Waals surface area contributed by atoms with Gasteiger partial charge in [-0.1, -0.05) is 0 Å². The van der Waals surface area contributed by atoms with Gasteiger partial charge in [0.15, 0.2) is 11.4 Å². The number of ketones is 1. The maximum absolute atomic E-state index is 11.5. The number of rotatable bonds is 4. The van der Waals surface area contributed by atoms with E-state index in [9.17, 15) is 14.9 Å². The lowest BCUT2D eigenvalue weighted by Gasteiger charge is -2.08. The molecule has 0 heterocycles. The van der Waals surface area contributed by atoms with Gasteiger partial charge in [0.1, 0.15) is 23.9 Å². The highest BCUT2D eigenvalue weighted by Crippen LogP contribution is 2.24. The minimum absolute atomic E-state index is 0.0211. The van der Waals surface area contributed by atoms with E-state index in [1.165, 1.54) is 13.0 Å². The third-order valence-corrected chi connectivity index (χ3v) is 2.44. The number of nitrogens with zero attached hydrogens (tertiary/aromatic N) is 4. The highest BCUT2D eigenvalue weighted by molar-refractivity contribution is 6.00. The monoisotopic (exact) mass is 281 g/mol. The zero-order chi connectivity index (χ0) is 16.0. The number of hydrogen-bond acceptors (Lipinski definition) is 7. The Bertz CT molecular complexity index is 758. The Balaban J connectivity index is 3.40. The number of allylic oxidation sites excluding steroid dienone is 2. The third kappa shape index (κ3) is 3.40. The Morgan fingerprint density at radius 2 is 1.86 bits per heavy atom. The summed E-state index contributed by atoms with van der Waals surface area (Å²) in [6, 6.07) is 8.15. The number of nitro groups is 1. The molecule has 0 aliphatic carbocycles. The summed E-state index contributed by atoms with van der Waals surface area (Å²) >= 11 is 0. The number of carbonyl (C=O) groups excluding carboxylic acids is 1. The molecule has 0 saturated heterocycles. The summed E-state index contributed by atoms with van der Waals surface area (Å²) in [5, 5.41) is 39.5. The van der Waals surface area contributed by atoms with Crippen molar-refractivity contribution >= 4 is 17.2 Å². The summed E-state index contributed by atoms with van der Waals surface area (Å²) in [6.07, 6.45) is 0. The van der Waals surface area contributed by atoms with Crippen LogP contribution in [0.15, 0.2) is 29.5 Å². The second-order valence-electron chi connectivity index (χ2n) is 3.75. The van der Waals surface area contributed by atoms with Crippen molar-refractivity contribution in [3.05, 3.63) is 45.1 Å². The van der Waals surface area contributed by atoms with E-state index in [1.807, 2.05) is 0 Å². The average Bonchev–Trinajstić information content (AvgIpc) is 2.47. The Labute approximate surface area is 119 Å². The highest BCUT2D eigenvalue weighted by atomic mass is 16.6. The molecule has 0 saturated carbocycles. The Morgan fingerprint density at radius 3 is 2.29 bits per heavy atom. The van der Waals surface area contributed by atoms with Crippen molar-refractivity contribution < 1.29 is 9.72 Å². The lowest BCUT2D eigenvalue weighted by atomic mass is 10.1. The van der Waals surface area contributed by atoms with Gasteiger partial charge in [-0.05, 0) is 13.0 Å². The molecule has 0 spiro atoms. The van der Waals surface area contributed by atoms with Gasteiger partial charge >= 0.3 is 0 Å². The van der Waals surface area contributed by atoms with Crippen LogP contribution >= 0.6 is 0 Å². The number of hydrogen-bond donors (Lipinski definition) is 1. The quantitative estimate of drug-likeness (QED) is 0.384. The molecular formula is C13H7N5O3. The topological polar surface area (TPSA) is 144 Å². The molecule has 8 nitrogen and oxygen atoms in total. The molecule has 1 rings (SSSR count). The number of nitro benzene ring substituents is 1. The van der Waals surface area contributed by atoms with Gasteiger partial charge in [-0.2, -0.15) is 15.8 Å². The second kappa shape index (κ2) is 6.46. The lowest BCUT2D eigenvalue weighted by Crippen LogP contribution is -2.06.